The van der Waals surface area contributed by atoms with Crippen LogP contribution in [0.5, 0.6) is 0 Å². The molecule has 3 N–H and O–H groups in total. The van der Waals surface area contributed by atoms with Gasteiger partial charge in [0.15, 0.2) is 5.13 Å². The molecule has 2 aromatic heterocycles. The van der Waals surface area contributed by atoms with Gasteiger partial charge in [0, 0.05) is 44.5 Å². The second kappa shape index (κ2) is 14.4. The Morgan fingerprint density at radius 2 is 1.65 bits per heavy atom. The van der Waals surface area contributed by atoms with Gasteiger partial charge >= 0.3 is 0 Å². The van der Waals surface area contributed by atoms with Crippen molar-refractivity contribution in [3.63, 3.8) is 0 Å². The summed E-state index contributed by atoms with van der Waals surface area (Å²) in [4.78, 5) is 47.9. The molecule has 0 spiro atoms. The van der Waals surface area contributed by atoms with Gasteiger partial charge in [-0.05, 0) is 60.2 Å². The number of thiazole rings is 1. The molecule has 0 aliphatic heterocycles. The normalized spacial score (nSPS) is 11.0. The first kappa shape index (κ1) is 29.7. The van der Waals surface area contributed by atoms with E-state index in [4.69, 9.17) is 11.6 Å². The summed E-state index contributed by atoms with van der Waals surface area (Å²) in [7, 11) is 0. The standard InChI is InChI=1S/C32H24ClN5O3S2/c33-26-11-5-4-10-25(26)28-19-43-32(37-28)38-29(39)20-42-24-14-12-23(13-15-24)35-31(41)27(17-21-7-6-16-34-18-21)36-30(40)22-8-2-1-3-9-22/h1-19H,20H2,(H,35,41)(H,36,40)(H,37,38,39)/b27-17-. The first-order chi connectivity index (χ1) is 20.9. The lowest BCUT2D eigenvalue weighted by atomic mass is 10.2. The van der Waals surface area contributed by atoms with E-state index in [-0.39, 0.29) is 17.4 Å². The highest BCUT2D eigenvalue weighted by Crippen LogP contribution is 2.30. The maximum atomic E-state index is 13.2. The molecule has 0 bridgehead atoms. The molecule has 0 radical (unpaired) electrons. The van der Waals surface area contributed by atoms with Crippen LogP contribution in [0.25, 0.3) is 17.3 Å². The van der Waals surface area contributed by atoms with Gasteiger partial charge in [-0.3, -0.25) is 19.4 Å². The molecule has 0 saturated carbocycles. The van der Waals surface area contributed by atoms with Crippen LogP contribution in [0, 0.1) is 0 Å². The fourth-order valence-electron chi connectivity index (χ4n) is 3.83. The van der Waals surface area contributed by atoms with Crippen LogP contribution in [0.1, 0.15) is 15.9 Å². The Kier molecular flexibility index (Phi) is 9.96. The number of anilines is 2. The van der Waals surface area contributed by atoms with E-state index < -0.39 is 11.8 Å². The molecule has 8 nitrogen and oxygen atoms in total. The van der Waals surface area contributed by atoms with E-state index in [1.165, 1.54) is 23.1 Å². The monoisotopic (exact) mass is 625 g/mol. The van der Waals surface area contributed by atoms with Crippen molar-refractivity contribution < 1.29 is 14.4 Å². The predicted molar refractivity (Wildman–Crippen MR) is 173 cm³/mol. The van der Waals surface area contributed by atoms with Gasteiger partial charge in [-0.2, -0.15) is 0 Å². The fraction of sp³-hybridized carbons (Fsp3) is 0.0312. The van der Waals surface area contributed by atoms with E-state index in [9.17, 15) is 14.4 Å². The third-order valence-corrected chi connectivity index (χ3v) is 8.01. The summed E-state index contributed by atoms with van der Waals surface area (Å²) in [6.45, 7) is 0. The van der Waals surface area contributed by atoms with E-state index >= 15 is 0 Å². The SMILES string of the molecule is O=C(CSc1ccc(NC(=O)/C(=C/c2cccnc2)NC(=O)c2ccccc2)cc1)Nc1nc(-c2ccccc2Cl)cs1. The summed E-state index contributed by atoms with van der Waals surface area (Å²) >= 11 is 8.93. The van der Waals surface area contributed by atoms with Gasteiger partial charge in [-0.25, -0.2) is 4.98 Å². The number of aromatic nitrogens is 2. The van der Waals surface area contributed by atoms with Crippen molar-refractivity contribution in [2.24, 2.45) is 0 Å². The summed E-state index contributed by atoms with van der Waals surface area (Å²) in [6, 6.07) is 26.6. The molecule has 11 heteroatoms. The highest BCUT2D eigenvalue weighted by Gasteiger charge is 2.16. The number of nitrogens with one attached hydrogen (secondary N) is 3. The van der Waals surface area contributed by atoms with Gasteiger partial charge in [0.2, 0.25) is 5.91 Å². The van der Waals surface area contributed by atoms with Crippen molar-refractivity contribution >= 4 is 69.3 Å². The molecule has 3 amide bonds. The zero-order valence-electron chi connectivity index (χ0n) is 22.5. The maximum absolute atomic E-state index is 13.2. The number of halogens is 1. The van der Waals surface area contributed by atoms with Gasteiger partial charge in [0.05, 0.1) is 11.4 Å². The van der Waals surface area contributed by atoms with E-state index in [1.807, 2.05) is 29.6 Å². The van der Waals surface area contributed by atoms with Crippen LogP contribution in [-0.4, -0.2) is 33.4 Å². The first-order valence-electron chi connectivity index (χ1n) is 13.0. The number of thioether (sulfide) groups is 1. The Hall–Kier alpha value is -4.77. The molecular weight excluding hydrogens is 602 g/mol. The van der Waals surface area contributed by atoms with Crippen LogP contribution in [0.3, 0.4) is 0 Å². The Bertz CT molecular complexity index is 1760. The van der Waals surface area contributed by atoms with Crippen LogP contribution < -0.4 is 16.0 Å². The van der Waals surface area contributed by atoms with Crippen molar-refractivity contribution in [3.8, 4) is 11.3 Å². The molecular formula is C32H24ClN5O3S2. The minimum atomic E-state index is -0.493. The zero-order valence-corrected chi connectivity index (χ0v) is 24.9. The van der Waals surface area contributed by atoms with Crippen LogP contribution in [0.15, 0.2) is 119 Å². The Morgan fingerprint density at radius 1 is 0.884 bits per heavy atom. The highest BCUT2D eigenvalue weighted by molar-refractivity contribution is 8.00. The quantitative estimate of drug-likeness (QED) is 0.114. The number of nitrogens with zero attached hydrogens (tertiary/aromatic N) is 2. The summed E-state index contributed by atoms with van der Waals surface area (Å²) < 4.78 is 0. The summed E-state index contributed by atoms with van der Waals surface area (Å²) in [5.74, 6) is -0.918. The third-order valence-electron chi connectivity index (χ3n) is 5.91. The second-order valence-corrected chi connectivity index (χ2v) is 11.3. The lowest BCUT2D eigenvalue weighted by Crippen LogP contribution is -2.30. The molecule has 0 aliphatic carbocycles. The smallest absolute Gasteiger partial charge is 0.272 e. The number of carbonyl (C=O) groups excluding carboxylic acids is 3. The number of rotatable bonds is 10. The van der Waals surface area contributed by atoms with Crippen LogP contribution in [0.2, 0.25) is 5.02 Å². The van der Waals surface area contributed by atoms with Crippen molar-refractivity contribution in [2.75, 3.05) is 16.4 Å². The van der Waals surface area contributed by atoms with Crippen LogP contribution >= 0.6 is 34.7 Å². The molecule has 214 valence electrons. The summed E-state index contributed by atoms with van der Waals surface area (Å²) in [6.07, 6.45) is 4.78. The molecule has 3 aromatic carbocycles. The average Bonchev–Trinajstić information content (AvgIpc) is 3.49. The van der Waals surface area contributed by atoms with Crippen molar-refractivity contribution in [1.82, 2.24) is 15.3 Å². The molecule has 43 heavy (non-hydrogen) atoms. The van der Waals surface area contributed by atoms with Gasteiger partial charge < -0.3 is 16.0 Å². The zero-order chi connectivity index (χ0) is 30.0. The van der Waals surface area contributed by atoms with Crippen molar-refractivity contribution in [3.05, 3.63) is 131 Å². The lowest BCUT2D eigenvalue weighted by molar-refractivity contribution is -0.114. The van der Waals surface area contributed by atoms with E-state index in [2.05, 4.69) is 25.9 Å². The molecule has 0 atom stereocenters. The molecule has 0 unspecified atom stereocenters. The lowest BCUT2D eigenvalue weighted by Gasteiger charge is -2.12. The van der Waals surface area contributed by atoms with Gasteiger partial charge in [0.1, 0.15) is 5.70 Å². The number of hydrogen-bond donors (Lipinski definition) is 3. The van der Waals surface area contributed by atoms with Gasteiger partial charge in [-0.1, -0.05) is 54.1 Å². The number of pyridine rings is 1. The summed E-state index contributed by atoms with van der Waals surface area (Å²) in [5, 5.41) is 11.3. The minimum absolute atomic E-state index is 0.0665. The molecule has 0 fully saturated rings. The average molecular weight is 626 g/mol. The fourth-order valence-corrected chi connectivity index (χ4v) is 5.49. The molecule has 2 heterocycles. The minimum Gasteiger partial charge on any atom is -0.321 e. The predicted octanol–water partition coefficient (Wildman–Crippen LogP) is 7.00. The van der Waals surface area contributed by atoms with Gasteiger partial charge in [-0.15, -0.1) is 23.1 Å². The Morgan fingerprint density at radius 3 is 2.40 bits per heavy atom. The van der Waals surface area contributed by atoms with Gasteiger partial charge in [0.25, 0.3) is 11.8 Å². The number of amides is 3. The highest BCUT2D eigenvalue weighted by atomic mass is 35.5. The Labute approximate surface area is 261 Å². The van der Waals surface area contributed by atoms with Crippen LogP contribution in [-0.2, 0) is 9.59 Å². The largest absolute Gasteiger partial charge is 0.321 e. The molecule has 0 aliphatic rings. The maximum Gasteiger partial charge on any atom is 0.272 e. The topological polar surface area (TPSA) is 113 Å². The number of carbonyl (C=O) groups is 3. The van der Waals surface area contributed by atoms with Crippen LogP contribution in [0.4, 0.5) is 10.8 Å². The van der Waals surface area contributed by atoms with Crippen molar-refractivity contribution in [2.45, 2.75) is 4.90 Å². The van der Waals surface area contributed by atoms with E-state index in [1.54, 1.807) is 85.2 Å². The first-order valence-corrected chi connectivity index (χ1v) is 15.2. The third kappa shape index (κ3) is 8.39. The second-order valence-electron chi connectivity index (χ2n) is 9.00. The van der Waals surface area contributed by atoms with E-state index in [0.717, 1.165) is 10.5 Å². The number of benzene rings is 3. The van der Waals surface area contributed by atoms with Crippen molar-refractivity contribution in [1.29, 1.82) is 0 Å². The molecule has 5 aromatic rings. The number of hydrogen-bond acceptors (Lipinski definition) is 7. The van der Waals surface area contributed by atoms with E-state index in [0.29, 0.717) is 32.7 Å². The molecule has 5 rings (SSSR count). The summed E-state index contributed by atoms with van der Waals surface area (Å²) in [5.41, 5.74) is 3.18. The Balaban J connectivity index is 1.17. The molecule has 0 saturated heterocycles.